The number of carbonyl (C=O) groups is 1. The third-order valence-corrected chi connectivity index (χ3v) is 3.44. The molecule has 1 heterocycles. The highest BCUT2D eigenvalue weighted by Crippen LogP contribution is 2.42. The lowest BCUT2D eigenvalue weighted by Gasteiger charge is -2.16. The van der Waals surface area contributed by atoms with Crippen LogP contribution in [-0.2, 0) is 4.74 Å². The van der Waals surface area contributed by atoms with Gasteiger partial charge in [-0.25, -0.2) is 9.59 Å². The predicted octanol–water partition coefficient (Wildman–Crippen LogP) is 2.90. The maximum Gasteiger partial charge on any atom is 0.379 e. The van der Waals surface area contributed by atoms with E-state index in [1.165, 1.54) is 27.4 Å². The molecule has 0 atom stereocenters. The average molecular weight is 348 g/mol. The van der Waals surface area contributed by atoms with Crippen molar-refractivity contribution in [3.05, 3.63) is 40.4 Å². The van der Waals surface area contributed by atoms with E-state index in [1.54, 1.807) is 18.2 Å². The van der Waals surface area contributed by atoms with Crippen molar-refractivity contribution in [3.8, 4) is 28.4 Å². The Bertz CT molecular complexity index is 785. The topological polar surface area (TPSA) is 84.2 Å². The molecule has 0 saturated heterocycles. The molecule has 2 rings (SSSR count). The number of ether oxygens (including phenoxy) is 4. The molecule has 0 aliphatic rings. The van der Waals surface area contributed by atoms with Crippen LogP contribution in [0.15, 0.2) is 33.5 Å². The van der Waals surface area contributed by atoms with E-state index in [0.717, 1.165) is 0 Å². The van der Waals surface area contributed by atoms with Crippen LogP contribution in [0.25, 0.3) is 11.1 Å². The second-order valence-electron chi connectivity index (χ2n) is 5.02. The zero-order chi connectivity index (χ0) is 18.4. The van der Waals surface area contributed by atoms with E-state index >= 15 is 0 Å². The molecule has 0 aliphatic heterocycles. The molecule has 134 valence electrons. The summed E-state index contributed by atoms with van der Waals surface area (Å²) in [5.74, 6) is -0.102. The Balaban J connectivity index is 2.80. The summed E-state index contributed by atoms with van der Waals surface area (Å²) in [5.41, 5.74) is 0.0374. The largest absolute Gasteiger partial charge is 0.496 e. The average Bonchev–Trinajstić information content (AvgIpc) is 2.65. The minimum absolute atomic E-state index is 0.0164. The van der Waals surface area contributed by atoms with Gasteiger partial charge < -0.3 is 23.4 Å². The molecule has 0 aliphatic carbocycles. The van der Waals surface area contributed by atoms with Gasteiger partial charge in [-0.1, -0.05) is 13.0 Å². The summed E-state index contributed by atoms with van der Waals surface area (Å²) < 4.78 is 26.0. The maximum absolute atomic E-state index is 12.4. The summed E-state index contributed by atoms with van der Waals surface area (Å²) >= 11 is 0. The van der Waals surface area contributed by atoms with Crippen molar-refractivity contribution in [3.63, 3.8) is 0 Å². The molecular weight excluding hydrogens is 328 g/mol. The van der Waals surface area contributed by atoms with Crippen LogP contribution in [0, 0.1) is 0 Å². The van der Waals surface area contributed by atoms with Gasteiger partial charge in [0.25, 0.3) is 0 Å². The van der Waals surface area contributed by atoms with Crippen molar-refractivity contribution >= 4 is 5.97 Å². The molecule has 0 spiro atoms. The quantitative estimate of drug-likeness (QED) is 0.711. The molecule has 0 unspecified atom stereocenters. The number of methoxy groups -OCH3 is 3. The first-order valence-corrected chi connectivity index (χ1v) is 7.67. The zero-order valence-electron chi connectivity index (χ0n) is 14.6. The number of carbonyl (C=O) groups excluding carboxylic acids is 1. The third kappa shape index (κ3) is 3.76. The van der Waals surface area contributed by atoms with E-state index in [0.29, 0.717) is 35.7 Å². The van der Waals surface area contributed by atoms with Crippen LogP contribution in [0.5, 0.6) is 17.2 Å². The van der Waals surface area contributed by atoms with E-state index in [2.05, 4.69) is 4.74 Å². The summed E-state index contributed by atoms with van der Waals surface area (Å²) in [5, 5.41) is 0. The van der Waals surface area contributed by atoms with Gasteiger partial charge in [0.05, 0.1) is 33.5 Å². The SMILES string of the molecule is CCCOc1c(-c2c(OC)cccc2OC)cc(C(=O)OC)oc1=O. The second-order valence-corrected chi connectivity index (χ2v) is 5.02. The van der Waals surface area contributed by atoms with Crippen LogP contribution >= 0.6 is 0 Å². The fourth-order valence-corrected chi connectivity index (χ4v) is 2.33. The smallest absolute Gasteiger partial charge is 0.379 e. The van der Waals surface area contributed by atoms with Crippen molar-refractivity contribution in [2.45, 2.75) is 13.3 Å². The summed E-state index contributed by atoms with van der Waals surface area (Å²) in [6.07, 6.45) is 0.695. The molecule has 7 heteroatoms. The Kier molecular flexibility index (Phi) is 6.05. The van der Waals surface area contributed by atoms with Gasteiger partial charge in [0.2, 0.25) is 11.5 Å². The van der Waals surface area contributed by atoms with Gasteiger partial charge in [0.15, 0.2) is 0 Å². The van der Waals surface area contributed by atoms with E-state index in [1.807, 2.05) is 6.92 Å². The highest BCUT2D eigenvalue weighted by atomic mass is 16.5. The number of benzene rings is 1. The Morgan fingerprint density at radius 1 is 1.12 bits per heavy atom. The van der Waals surface area contributed by atoms with Gasteiger partial charge in [-0.2, -0.15) is 0 Å². The first-order valence-electron chi connectivity index (χ1n) is 7.67. The van der Waals surface area contributed by atoms with Crippen molar-refractivity contribution in [2.24, 2.45) is 0 Å². The number of hydrogen-bond donors (Lipinski definition) is 0. The van der Waals surface area contributed by atoms with E-state index < -0.39 is 11.6 Å². The molecule has 25 heavy (non-hydrogen) atoms. The first-order chi connectivity index (χ1) is 12.1. The maximum atomic E-state index is 12.4. The normalized spacial score (nSPS) is 10.2. The van der Waals surface area contributed by atoms with Crippen molar-refractivity contribution in [1.29, 1.82) is 0 Å². The van der Waals surface area contributed by atoms with E-state index in [-0.39, 0.29) is 11.5 Å². The Morgan fingerprint density at radius 2 is 1.76 bits per heavy atom. The minimum atomic E-state index is -0.778. The van der Waals surface area contributed by atoms with Gasteiger partial charge in [-0.3, -0.25) is 0 Å². The fourth-order valence-electron chi connectivity index (χ4n) is 2.33. The van der Waals surface area contributed by atoms with Gasteiger partial charge in [0, 0.05) is 11.6 Å². The summed E-state index contributed by atoms with van der Waals surface area (Å²) in [4.78, 5) is 24.2. The first kappa shape index (κ1) is 18.4. The lowest BCUT2D eigenvalue weighted by atomic mass is 10.0. The van der Waals surface area contributed by atoms with E-state index in [9.17, 15) is 9.59 Å². The van der Waals surface area contributed by atoms with Crippen LogP contribution in [0.1, 0.15) is 23.9 Å². The molecule has 0 bridgehead atoms. The fraction of sp³-hybridized carbons (Fsp3) is 0.333. The van der Waals surface area contributed by atoms with Gasteiger partial charge >= 0.3 is 11.6 Å². The third-order valence-electron chi connectivity index (χ3n) is 3.44. The van der Waals surface area contributed by atoms with Crippen LogP contribution < -0.4 is 19.8 Å². The van der Waals surface area contributed by atoms with Crippen molar-refractivity contribution < 1.29 is 28.2 Å². The number of esters is 1. The summed E-state index contributed by atoms with van der Waals surface area (Å²) in [6, 6.07) is 6.57. The lowest BCUT2D eigenvalue weighted by molar-refractivity contribution is 0.0558. The van der Waals surface area contributed by atoms with Crippen molar-refractivity contribution in [1.82, 2.24) is 0 Å². The molecule has 1 aromatic carbocycles. The van der Waals surface area contributed by atoms with Crippen molar-refractivity contribution in [2.75, 3.05) is 27.9 Å². The number of rotatable bonds is 7. The molecule has 0 amide bonds. The highest BCUT2D eigenvalue weighted by molar-refractivity contribution is 5.90. The molecule has 0 fully saturated rings. The molecule has 0 radical (unpaired) electrons. The molecule has 7 nitrogen and oxygen atoms in total. The molecule has 1 aromatic heterocycles. The molecule has 2 aromatic rings. The Labute approximate surface area is 145 Å². The Hall–Kier alpha value is -2.96. The van der Waals surface area contributed by atoms with Gasteiger partial charge in [-0.05, 0) is 18.6 Å². The summed E-state index contributed by atoms with van der Waals surface area (Å²) in [7, 11) is 4.20. The summed E-state index contributed by atoms with van der Waals surface area (Å²) in [6.45, 7) is 2.22. The molecule has 0 saturated carbocycles. The predicted molar refractivity (Wildman–Crippen MR) is 90.6 cm³/mol. The zero-order valence-corrected chi connectivity index (χ0v) is 14.6. The van der Waals surface area contributed by atoms with Gasteiger partial charge in [-0.15, -0.1) is 0 Å². The molecular formula is C18H20O7. The lowest BCUT2D eigenvalue weighted by Crippen LogP contribution is -2.14. The number of hydrogen-bond acceptors (Lipinski definition) is 7. The van der Waals surface area contributed by atoms with Gasteiger partial charge in [0.1, 0.15) is 11.5 Å². The second kappa shape index (κ2) is 8.23. The highest BCUT2D eigenvalue weighted by Gasteiger charge is 2.24. The van der Waals surface area contributed by atoms with Crippen LogP contribution in [0.4, 0.5) is 0 Å². The van der Waals surface area contributed by atoms with Crippen LogP contribution in [0.3, 0.4) is 0 Å². The van der Waals surface area contributed by atoms with Crippen LogP contribution in [-0.4, -0.2) is 33.9 Å². The monoisotopic (exact) mass is 348 g/mol. The van der Waals surface area contributed by atoms with Crippen LogP contribution in [0.2, 0.25) is 0 Å². The Morgan fingerprint density at radius 3 is 2.28 bits per heavy atom. The molecule has 0 N–H and O–H groups in total. The van der Waals surface area contributed by atoms with E-state index in [4.69, 9.17) is 18.6 Å². The minimum Gasteiger partial charge on any atom is -0.496 e. The standard InChI is InChI=1S/C18H20O7/c1-5-9-24-16-11(10-14(17(19)23-4)25-18(16)20)15-12(21-2)7-6-8-13(15)22-3/h6-8,10H,5,9H2,1-4H3.